The number of hydrogen-bond donors (Lipinski definition) is 2. The third-order valence-electron chi connectivity index (χ3n) is 4.08. The minimum atomic E-state index is -3.67. The van der Waals surface area contributed by atoms with Gasteiger partial charge in [0.25, 0.3) is 0 Å². The second-order valence-corrected chi connectivity index (χ2v) is 8.08. The zero-order valence-electron chi connectivity index (χ0n) is 15.9. The molecule has 0 bridgehead atoms. The minimum Gasteiger partial charge on any atom is -0.497 e. The molecule has 146 valence electrons. The van der Waals surface area contributed by atoms with Crippen LogP contribution in [-0.4, -0.2) is 47.0 Å². The number of sulfonamides is 1. The summed E-state index contributed by atoms with van der Waals surface area (Å²) in [6.07, 6.45) is 0. The van der Waals surface area contributed by atoms with Crippen LogP contribution in [0.5, 0.6) is 5.75 Å². The molecule has 2 N–H and O–H groups in total. The van der Waals surface area contributed by atoms with Gasteiger partial charge in [-0.05, 0) is 56.1 Å². The number of ether oxygens (including phenoxy) is 1. The van der Waals surface area contributed by atoms with Crippen LogP contribution in [0.15, 0.2) is 53.4 Å². The van der Waals surface area contributed by atoms with Gasteiger partial charge in [0, 0.05) is 25.2 Å². The van der Waals surface area contributed by atoms with E-state index in [4.69, 9.17) is 4.74 Å². The van der Waals surface area contributed by atoms with Crippen LogP contribution < -0.4 is 14.8 Å². The molecule has 0 aliphatic carbocycles. The first-order valence-corrected chi connectivity index (χ1v) is 9.89. The molecule has 0 aromatic heterocycles. The maximum absolute atomic E-state index is 12.6. The van der Waals surface area contributed by atoms with Gasteiger partial charge in [-0.1, -0.05) is 12.1 Å². The Balaban J connectivity index is 2.11. The van der Waals surface area contributed by atoms with Crippen LogP contribution in [0.2, 0.25) is 0 Å². The highest BCUT2D eigenvalue weighted by molar-refractivity contribution is 7.89. The molecule has 0 aliphatic rings. The largest absolute Gasteiger partial charge is 0.497 e. The zero-order chi connectivity index (χ0) is 20.0. The van der Waals surface area contributed by atoms with E-state index < -0.39 is 10.0 Å². The lowest BCUT2D eigenvalue weighted by Gasteiger charge is -2.25. The number of carbonyl (C=O) groups excluding carboxylic acids is 1. The second-order valence-electron chi connectivity index (χ2n) is 6.31. The molecule has 0 heterocycles. The molecule has 2 aromatic rings. The number of amides is 1. The van der Waals surface area contributed by atoms with Gasteiger partial charge in [0.05, 0.1) is 12.0 Å². The Bertz CT molecular complexity index is 863. The van der Waals surface area contributed by atoms with E-state index in [1.165, 1.54) is 19.1 Å². The Kier molecular flexibility index (Phi) is 6.95. The summed E-state index contributed by atoms with van der Waals surface area (Å²) in [6.45, 7) is 1.61. The smallest absolute Gasteiger partial charge is 0.240 e. The first-order valence-electron chi connectivity index (χ1n) is 8.40. The molecule has 0 spiro atoms. The molecule has 8 heteroatoms. The molecule has 0 fully saturated rings. The van der Waals surface area contributed by atoms with E-state index in [1.807, 2.05) is 43.3 Å². The quantitative estimate of drug-likeness (QED) is 0.721. The van der Waals surface area contributed by atoms with Crippen LogP contribution >= 0.6 is 0 Å². The number of methoxy groups -OCH3 is 1. The van der Waals surface area contributed by atoms with E-state index in [-0.39, 0.29) is 23.4 Å². The molecular formula is C19H25N3O4S. The van der Waals surface area contributed by atoms with Crippen LogP contribution in [0, 0.1) is 0 Å². The van der Waals surface area contributed by atoms with Crippen LogP contribution in [0.4, 0.5) is 5.69 Å². The molecule has 0 saturated heterocycles. The van der Waals surface area contributed by atoms with Gasteiger partial charge in [0.1, 0.15) is 5.75 Å². The predicted molar refractivity (Wildman–Crippen MR) is 105 cm³/mol. The molecule has 0 aliphatic heterocycles. The molecule has 1 amide bonds. The van der Waals surface area contributed by atoms with Crippen molar-refractivity contribution in [1.29, 1.82) is 0 Å². The summed E-state index contributed by atoms with van der Waals surface area (Å²) in [7, 11) is 1.72. The van der Waals surface area contributed by atoms with E-state index in [1.54, 1.807) is 19.2 Å². The highest BCUT2D eigenvalue weighted by atomic mass is 32.2. The summed E-state index contributed by atoms with van der Waals surface area (Å²) in [6, 6.07) is 13.4. The van der Waals surface area contributed by atoms with Crippen LogP contribution in [0.1, 0.15) is 18.5 Å². The summed E-state index contributed by atoms with van der Waals surface area (Å²) in [5.74, 6) is 0.535. The first-order chi connectivity index (χ1) is 12.7. The SMILES string of the molecule is COc1ccc(C(CNS(=O)(=O)c2ccc(NC(C)=O)cc2)N(C)C)cc1. The number of hydrogen-bond acceptors (Lipinski definition) is 5. The number of carbonyl (C=O) groups is 1. The molecular weight excluding hydrogens is 366 g/mol. The summed E-state index contributed by atoms with van der Waals surface area (Å²) >= 11 is 0. The number of nitrogens with zero attached hydrogens (tertiary/aromatic N) is 1. The third-order valence-corrected chi connectivity index (χ3v) is 5.52. The highest BCUT2D eigenvalue weighted by Gasteiger charge is 2.20. The van der Waals surface area contributed by atoms with Gasteiger partial charge in [0.15, 0.2) is 0 Å². The van der Waals surface area contributed by atoms with Gasteiger partial charge >= 0.3 is 0 Å². The lowest BCUT2D eigenvalue weighted by atomic mass is 10.1. The Morgan fingerprint density at radius 2 is 1.67 bits per heavy atom. The van der Waals surface area contributed by atoms with Crippen LogP contribution in [-0.2, 0) is 14.8 Å². The maximum Gasteiger partial charge on any atom is 0.240 e. The Labute approximate surface area is 160 Å². The Hall–Kier alpha value is -2.42. The topological polar surface area (TPSA) is 87.7 Å². The van der Waals surface area contributed by atoms with Gasteiger partial charge in [-0.15, -0.1) is 0 Å². The van der Waals surface area contributed by atoms with Gasteiger partial charge in [-0.2, -0.15) is 0 Å². The van der Waals surface area contributed by atoms with Crippen LogP contribution in [0.25, 0.3) is 0 Å². The summed E-state index contributed by atoms with van der Waals surface area (Å²) in [5, 5.41) is 2.61. The van der Waals surface area contributed by atoms with Crippen molar-refractivity contribution in [2.75, 3.05) is 33.1 Å². The van der Waals surface area contributed by atoms with E-state index in [2.05, 4.69) is 10.0 Å². The van der Waals surface area contributed by atoms with Crippen LogP contribution in [0.3, 0.4) is 0 Å². The number of rotatable bonds is 8. The third kappa shape index (κ3) is 5.78. The fourth-order valence-electron chi connectivity index (χ4n) is 2.62. The molecule has 2 rings (SSSR count). The Morgan fingerprint density at radius 1 is 1.07 bits per heavy atom. The van der Waals surface area contributed by atoms with E-state index in [9.17, 15) is 13.2 Å². The van der Waals surface area contributed by atoms with Crippen molar-refractivity contribution in [3.8, 4) is 5.75 Å². The average Bonchev–Trinajstić information content (AvgIpc) is 2.62. The molecule has 0 radical (unpaired) electrons. The van der Waals surface area contributed by atoms with Crippen molar-refractivity contribution < 1.29 is 17.9 Å². The molecule has 1 atom stereocenters. The molecule has 1 unspecified atom stereocenters. The molecule has 27 heavy (non-hydrogen) atoms. The number of benzene rings is 2. The van der Waals surface area contributed by atoms with Crippen molar-refractivity contribution >= 4 is 21.6 Å². The van der Waals surface area contributed by atoms with Gasteiger partial charge < -0.3 is 15.0 Å². The Morgan fingerprint density at radius 3 is 2.15 bits per heavy atom. The van der Waals surface area contributed by atoms with E-state index in [0.29, 0.717) is 5.69 Å². The average molecular weight is 391 g/mol. The lowest BCUT2D eigenvalue weighted by molar-refractivity contribution is -0.114. The highest BCUT2D eigenvalue weighted by Crippen LogP contribution is 2.22. The van der Waals surface area contributed by atoms with E-state index in [0.717, 1.165) is 11.3 Å². The first kappa shape index (κ1) is 20.9. The fourth-order valence-corrected chi connectivity index (χ4v) is 3.66. The van der Waals surface area contributed by atoms with Crippen molar-refractivity contribution in [2.24, 2.45) is 0 Å². The number of likely N-dealkylation sites (N-methyl/N-ethyl adjacent to an activating group) is 1. The van der Waals surface area contributed by atoms with E-state index >= 15 is 0 Å². The summed E-state index contributed by atoms with van der Waals surface area (Å²) in [4.78, 5) is 13.1. The summed E-state index contributed by atoms with van der Waals surface area (Å²) in [5.41, 5.74) is 1.52. The maximum atomic E-state index is 12.6. The van der Waals surface area contributed by atoms with Crippen molar-refractivity contribution in [3.63, 3.8) is 0 Å². The van der Waals surface area contributed by atoms with Gasteiger partial charge in [0.2, 0.25) is 15.9 Å². The normalized spacial score (nSPS) is 12.6. The van der Waals surface area contributed by atoms with Crippen molar-refractivity contribution in [3.05, 3.63) is 54.1 Å². The number of anilines is 1. The monoisotopic (exact) mass is 391 g/mol. The van der Waals surface area contributed by atoms with Gasteiger partial charge in [-0.3, -0.25) is 4.79 Å². The fraction of sp³-hybridized carbons (Fsp3) is 0.316. The second kappa shape index (κ2) is 8.98. The van der Waals surface area contributed by atoms with Crippen molar-refractivity contribution in [1.82, 2.24) is 9.62 Å². The summed E-state index contributed by atoms with van der Waals surface area (Å²) < 4.78 is 33.0. The predicted octanol–water partition coefficient (Wildman–Crippen LogP) is 2.23. The molecule has 7 nitrogen and oxygen atoms in total. The van der Waals surface area contributed by atoms with Crippen molar-refractivity contribution in [2.45, 2.75) is 17.9 Å². The molecule has 2 aromatic carbocycles. The number of nitrogens with one attached hydrogen (secondary N) is 2. The minimum absolute atomic E-state index is 0.135. The lowest BCUT2D eigenvalue weighted by Crippen LogP contribution is -2.34. The molecule has 0 saturated carbocycles. The van der Waals surface area contributed by atoms with Gasteiger partial charge in [-0.25, -0.2) is 13.1 Å². The zero-order valence-corrected chi connectivity index (χ0v) is 16.7. The standard InChI is InChI=1S/C19H25N3O4S/c1-14(23)21-16-7-11-18(12-8-16)27(24,25)20-13-19(22(2)3)15-5-9-17(26-4)10-6-15/h5-12,19-20H,13H2,1-4H3,(H,21,23).